The van der Waals surface area contributed by atoms with E-state index in [1.807, 2.05) is 0 Å². The summed E-state index contributed by atoms with van der Waals surface area (Å²) in [5, 5.41) is 3.67. The summed E-state index contributed by atoms with van der Waals surface area (Å²) >= 11 is 3.55. The molecule has 1 aliphatic heterocycles. The maximum absolute atomic E-state index is 6.25. The maximum atomic E-state index is 6.25. The second-order valence-electron chi connectivity index (χ2n) is 6.53. The van der Waals surface area contributed by atoms with Crippen LogP contribution in [-0.4, -0.2) is 18.8 Å². The molecule has 4 heteroatoms. The summed E-state index contributed by atoms with van der Waals surface area (Å²) in [5.74, 6) is 0.630. The summed E-state index contributed by atoms with van der Waals surface area (Å²) in [4.78, 5) is 0. The molecule has 1 saturated heterocycles. The van der Waals surface area contributed by atoms with Gasteiger partial charge >= 0.3 is 0 Å². The van der Waals surface area contributed by atoms with Crippen LogP contribution in [0.4, 0.5) is 0 Å². The van der Waals surface area contributed by atoms with Gasteiger partial charge in [-0.1, -0.05) is 26.2 Å². The van der Waals surface area contributed by atoms with E-state index in [1.165, 1.54) is 44.1 Å². The van der Waals surface area contributed by atoms with E-state index in [0.717, 1.165) is 24.2 Å². The highest BCUT2D eigenvalue weighted by molar-refractivity contribution is 9.10. The number of furan rings is 1. The van der Waals surface area contributed by atoms with Gasteiger partial charge in [-0.3, -0.25) is 0 Å². The molecular weight excluding hydrogens is 330 g/mol. The molecule has 1 aromatic rings. The highest BCUT2D eigenvalue weighted by atomic mass is 79.9. The Bertz CT molecular complexity index is 448. The Morgan fingerprint density at radius 2 is 2.19 bits per heavy atom. The predicted molar refractivity (Wildman–Crippen MR) is 87.3 cm³/mol. The smallest absolute Gasteiger partial charge is 0.173 e. The Hall–Kier alpha value is -0.320. The minimum absolute atomic E-state index is 0.158. The minimum Gasteiger partial charge on any atom is -0.457 e. The zero-order valence-electron chi connectivity index (χ0n) is 12.9. The largest absolute Gasteiger partial charge is 0.457 e. The molecule has 1 aliphatic carbocycles. The molecule has 2 fully saturated rings. The summed E-state index contributed by atoms with van der Waals surface area (Å²) < 4.78 is 12.6. The van der Waals surface area contributed by atoms with Crippen LogP contribution in [0.1, 0.15) is 63.5 Å². The van der Waals surface area contributed by atoms with Crippen molar-refractivity contribution in [1.29, 1.82) is 0 Å². The molecule has 2 heterocycles. The molecule has 2 atom stereocenters. The first kappa shape index (κ1) is 15.6. The third-order valence-corrected chi connectivity index (χ3v) is 5.82. The first-order valence-electron chi connectivity index (χ1n) is 8.34. The van der Waals surface area contributed by atoms with E-state index in [9.17, 15) is 0 Å². The van der Waals surface area contributed by atoms with Crippen molar-refractivity contribution in [3.63, 3.8) is 0 Å². The molecule has 0 amide bonds. The Labute approximate surface area is 135 Å². The van der Waals surface area contributed by atoms with Crippen LogP contribution in [0.3, 0.4) is 0 Å². The Morgan fingerprint density at radius 1 is 1.38 bits per heavy atom. The van der Waals surface area contributed by atoms with Gasteiger partial charge in [0.1, 0.15) is 0 Å². The van der Waals surface area contributed by atoms with Crippen molar-refractivity contribution >= 4 is 15.9 Å². The van der Waals surface area contributed by atoms with Gasteiger partial charge < -0.3 is 14.5 Å². The number of halogens is 1. The van der Waals surface area contributed by atoms with E-state index in [2.05, 4.69) is 34.2 Å². The summed E-state index contributed by atoms with van der Waals surface area (Å²) in [6, 6.07) is 2.46. The standard InChI is InChI=1S/C17H26BrNO2/c1-2-19-15(14-7-10-20-16(14)18)13-6-11-21-17(12-13)8-4-3-5-9-17/h7,10,13,15,19H,2-6,8-9,11-12H2,1H3. The lowest BCUT2D eigenvalue weighted by atomic mass is 9.73. The molecule has 1 saturated carbocycles. The number of rotatable bonds is 4. The molecule has 2 unspecified atom stereocenters. The topological polar surface area (TPSA) is 34.4 Å². The Morgan fingerprint density at radius 3 is 2.86 bits per heavy atom. The van der Waals surface area contributed by atoms with E-state index in [4.69, 9.17) is 9.15 Å². The summed E-state index contributed by atoms with van der Waals surface area (Å²) in [6.07, 6.45) is 10.6. The van der Waals surface area contributed by atoms with Crippen LogP contribution in [0.2, 0.25) is 0 Å². The van der Waals surface area contributed by atoms with Gasteiger partial charge in [0.2, 0.25) is 0 Å². The van der Waals surface area contributed by atoms with Crippen molar-refractivity contribution in [3.8, 4) is 0 Å². The lowest BCUT2D eigenvalue weighted by molar-refractivity contribution is -0.122. The highest BCUT2D eigenvalue weighted by Gasteiger charge is 2.41. The average Bonchev–Trinajstić information content (AvgIpc) is 2.91. The molecule has 21 heavy (non-hydrogen) atoms. The highest BCUT2D eigenvalue weighted by Crippen LogP contribution is 2.45. The van der Waals surface area contributed by atoms with Gasteiger partial charge in [-0.05, 0) is 60.1 Å². The van der Waals surface area contributed by atoms with Crippen molar-refractivity contribution in [2.45, 2.75) is 63.5 Å². The maximum Gasteiger partial charge on any atom is 0.173 e. The van der Waals surface area contributed by atoms with Crippen LogP contribution in [-0.2, 0) is 4.74 Å². The molecule has 118 valence electrons. The second-order valence-corrected chi connectivity index (χ2v) is 7.25. The van der Waals surface area contributed by atoms with Crippen molar-refractivity contribution in [2.24, 2.45) is 5.92 Å². The summed E-state index contributed by atoms with van der Waals surface area (Å²) in [7, 11) is 0. The fraction of sp³-hybridized carbons (Fsp3) is 0.765. The van der Waals surface area contributed by atoms with Crippen LogP contribution in [0.5, 0.6) is 0 Å². The van der Waals surface area contributed by atoms with Crippen LogP contribution >= 0.6 is 15.9 Å². The molecular formula is C17H26BrNO2. The average molecular weight is 356 g/mol. The van der Waals surface area contributed by atoms with Gasteiger partial charge in [0.25, 0.3) is 0 Å². The first-order valence-corrected chi connectivity index (χ1v) is 9.14. The number of ether oxygens (including phenoxy) is 1. The van der Waals surface area contributed by atoms with Crippen LogP contribution in [0.25, 0.3) is 0 Å². The van der Waals surface area contributed by atoms with E-state index in [-0.39, 0.29) is 5.60 Å². The van der Waals surface area contributed by atoms with E-state index in [0.29, 0.717) is 12.0 Å². The molecule has 2 aliphatic rings. The van der Waals surface area contributed by atoms with Gasteiger partial charge in [0.05, 0.1) is 11.9 Å². The van der Waals surface area contributed by atoms with Gasteiger partial charge in [-0.2, -0.15) is 0 Å². The molecule has 1 spiro atoms. The van der Waals surface area contributed by atoms with Crippen molar-refractivity contribution < 1.29 is 9.15 Å². The Kier molecular flexibility index (Phi) is 5.07. The third kappa shape index (κ3) is 3.38. The fourth-order valence-corrected chi connectivity index (χ4v) is 4.66. The minimum atomic E-state index is 0.158. The van der Waals surface area contributed by atoms with Gasteiger partial charge in [0.15, 0.2) is 4.67 Å². The lowest BCUT2D eigenvalue weighted by Crippen LogP contribution is -2.44. The zero-order valence-corrected chi connectivity index (χ0v) is 14.5. The SMILES string of the molecule is CCNC(c1ccoc1Br)C1CCOC2(CCCCC2)C1. The van der Waals surface area contributed by atoms with Crippen LogP contribution < -0.4 is 5.32 Å². The van der Waals surface area contributed by atoms with Gasteiger partial charge in [-0.25, -0.2) is 0 Å². The molecule has 0 aromatic carbocycles. The molecule has 1 aromatic heterocycles. The van der Waals surface area contributed by atoms with Crippen LogP contribution in [0.15, 0.2) is 21.4 Å². The number of hydrogen-bond acceptors (Lipinski definition) is 3. The normalized spacial score (nSPS) is 26.9. The van der Waals surface area contributed by atoms with E-state index >= 15 is 0 Å². The second kappa shape index (κ2) is 6.84. The zero-order chi connectivity index (χ0) is 14.7. The molecule has 3 rings (SSSR count). The monoisotopic (exact) mass is 355 g/mol. The van der Waals surface area contributed by atoms with Gasteiger partial charge in [0, 0.05) is 18.2 Å². The number of hydrogen-bond donors (Lipinski definition) is 1. The predicted octanol–water partition coefficient (Wildman–Crippen LogP) is 4.82. The fourth-order valence-electron chi connectivity index (χ4n) is 4.17. The van der Waals surface area contributed by atoms with E-state index in [1.54, 1.807) is 6.26 Å². The molecule has 0 radical (unpaired) electrons. The lowest BCUT2D eigenvalue weighted by Gasteiger charge is -2.45. The van der Waals surface area contributed by atoms with Gasteiger partial charge in [-0.15, -0.1) is 0 Å². The Balaban J connectivity index is 1.77. The molecule has 3 nitrogen and oxygen atoms in total. The summed E-state index contributed by atoms with van der Waals surface area (Å²) in [6.45, 7) is 4.06. The summed E-state index contributed by atoms with van der Waals surface area (Å²) in [5.41, 5.74) is 1.42. The van der Waals surface area contributed by atoms with E-state index < -0.39 is 0 Å². The third-order valence-electron chi connectivity index (χ3n) is 5.17. The molecule has 0 bridgehead atoms. The first-order chi connectivity index (χ1) is 10.2. The quantitative estimate of drug-likeness (QED) is 0.840. The van der Waals surface area contributed by atoms with Crippen molar-refractivity contribution in [3.05, 3.63) is 22.6 Å². The van der Waals surface area contributed by atoms with Crippen molar-refractivity contribution in [1.82, 2.24) is 5.32 Å². The number of nitrogens with one attached hydrogen (secondary N) is 1. The van der Waals surface area contributed by atoms with Crippen LogP contribution in [0, 0.1) is 5.92 Å². The van der Waals surface area contributed by atoms with Crippen molar-refractivity contribution in [2.75, 3.05) is 13.2 Å². The molecule has 1 N–H and O–H groups in total.